The second-order valence-corrected chi connectivity index (χ2v) is 12.3. The first-order valence-electron chi connectivity index (χ1n) is 10.6. The largest absolute Gasteiger partial charge is 0.465 e. The van der Waals surface area contributed by atoms with Crippen molar-refractivity contribution in [2.75, 3.05) is 20.2 Å². The Bertz CT molecular complexity index is 909. The molecule has 1 fully saturated rings. The smallest absolute Gasteiger partial charge is 0.340 e. The van der Waals surface area contributed by atoms with Crippen LogP contribution in [0.5, 0.6) is 0 Å². The quantitative estimate of drug-likeness (QED) is 0.686. The summed E-state index contributed by atoms with van der Waals surface area (Å²) in [5, 5.41) is 0. The lowest BCUT2D eigenvalue weighted by molar-refractivity contribution is -0.140. The summed E-state index contributed by atoms with van der Waals surface area (Å²) in [6, 6.07) is 0. The molecule has 0 saturated heterocycles. The van der Waals surface area contributed by atoms with Crippen LogP contribution in [0, 0.1) is 11.3 Å². The van der Waals surface area contributed by atoms with Crippen molar-refractivity contribution in [3.63, 3.8) is 0 Å². The predicted octanol–water partition coefficient (Wildman–Crippen LogP) is 3.32. The van der Waals surface area contributed by atoms with Crippen molar-refractivity contribution in [2.24, 2.45) is 11.3 Å². The second kappa shape index (κ2) is 8.96. The van der Waals surface area contributed by atoms with E-state index in [4.69, 9.17) is 4.74 Å². The Kier molecular flexibility index (Phi) is 6.94. The highest BCUT2D eigenvalue weighted by Crippen LogP contribution is 2.37. The molecular formula is C21H32N2O5S2. The highest BCUT2D eigenvalue weighted by molar-refractivity contribution is 7.91. The van der Waals surface area contributed by atoms with Crippen LogP contribution in [0.3, 0.4) is 0 Å². The van der Waals surface area contributed by atoms with Crippen molar-refractivity contribution in [1.82, 2.24) is 9.62 Å². The molecule has 1 aromatic heterocycles. The van der Waals surface area contributed by atoms with Gasteiger partial charge in [0, 0.05) is 23.4 Å². The zero-order chi connectivity index (χ0) is 22.1. The molecule has 168 valence electrons. The van der Waals surface area contributed by atoms with Gasteiger partial charge in [0.1, 0.15) is 4.21 Å². The molecule has 3 rings (SSSR count). The minimum Gasteiger partial charge on any atom is -0.465 e. The number of nitrogens with zero attached hydrogens (tertiary/aromatic N) is 1. The van der Waals surface area contributed by atoms with Gasteiger partial charge >= 0.3 is 5.97 Å². The number of fused-ring (bicyclic) bond motifs is 1. The van der Waals surface area contributed by atoms with Crippen LogP contribution in [-0.2, 0) is 32.5 Å². The third kappa shape index (κ3) is 4.89. The number of ether oxygens (including phenoxy) is 1. The molecule has 2 heterocycles. The number of methoxy groups -OCH3 is 1. The van der Waals surface area contributed by atoms with Crippen LogP contribution in [0.15, 0.2) is 4.21 Å². The number of amides is 1. The SMILES string of the molecule is COC(=O)c1c(S(=O)(=O)NCC2CCCCC2)sc2c1CCN(C(=O)C(C)(C)C)C2. The van der Waals surface area contributed by atoms with Crippen molar-refractivity contribution < 1.29 is 22.7 Å². The summed E-state index contributed by atoms with van der Waals surface area (Å²) in [7, 11) is -2.58. The molecule has 0 unspecified atom stereocenters. The Morgan fingerprint density at radius 2 is 1.87 bits per heavy atom. The number of carbonyl (C=O) groups is 2. The number of thiophene rings is 1. The fourth-order valence-electron chi connectivity index (χ4n) is 4.21. The molecule has 1 N–H and O–H groups in total. The van der Waals surface area contributed by atoms with Gasteiger partial charge in [-0.15, -0.1) is 11.3 Å². The molecule has 1 aliphatic heterocycles. The first-order chi connectivity index (χ1) is 14.0. The molecule has 2 aliphatic rings. The third-order valence-electron chi connectivity index (χ3n) is 5.87. The molecule has 1 aliphatic carbocycles. The first kappa shape index (κ1) is 23.2. The average Bonchev–Trinajstić information content (AvgIpc) is 3.11. The number of hydrogen-bond acceptors (Lipinski definition) is 6. The van der Waals surface area contributed by atoms with Crippen LogP contribution in [0.25, 0.3) is 0 Å². The van der Waals surface area contributed by atoms with E-state index in [9.17, 15) is 18.0 Å². The highest BCUT2D eigenvalue weighted by atomic mass is 32.2. The van der Waals surface area contributed by atoms with E-state index in [1.807, 2.05) is 20.8 Å². The molecule has 9 heteroatoms. The van der Waals surface area contributed by atoms with E-state index in [0.717, 1.165) is 41.9 Å². The summed E-state index contributed by atoms with van der Waals surface area (Å²) in [4.78, 5) is 27.7. The monoisotopic (exact) mass is 456 g/mol. The normalized spacial score (nSPS) is 18.2. The van der Waals surface area contributed by atoms with Gasteiger partial charge in [-0.1, -0.05) is 40.0 Å². The van der Waals surface area contributed by atoms with Crippen LogP contribution < -0.4 is 4.72 Å². The van der Waals surface area contributed by atoms with Gasteiger partial charge in [-0.2, -0.15) is 0 Å². The van der Waals surface area contributed by atoms with Crippen molar-refractivity contribution in [1.29, 1.82) is 0 Å². The molecule has 7 nitrogen and oxygen atoms in total. The number of esters is 1. The molecule has 0 radical (unpaired) electrons. The minimum atomic E-state index is -3.84. The third-order valence-corrected chi connectivity index (χ3v) is 9.03. The number of hydrogen-bond donors (Lipinski definition) is 1. The van der Waals surface area contributed by atoms with E-state index in [-0.39, 0.29) is 15.7 Å². The number of nitrogens with one attached hydrogen (secondary N) is 1. The van der Waals surface area contributed by atoms with Gasteiger partial charge in [-0.05, 0) is 30.7 Å². The molecule has 0 atom stereocenters. The molecule has 30 heavy (non-hydrogen) atoms. The van der Waals surface area contributed by atoms with Crippen LogP contribution in [-0.4, -0.2) is 45.4 Å². The summed E-state index contributed by atoms with van der Waals surface area (Å²) >= 11 is 1.09. The van der Waals surface area contributed by atoms with E-state index in [2.05, 4.69) is 4.72 Å². The van der Waals surface area contributed by atoms with Gasteiger partial charge < -0.3 is 9.64 Å². The molecule has 1 saturated carbocycles. The topological polar surface area (TPSA) is 92.8 Å². The van der Waals surface area contributed by atoms with Crippen molar-refractivity contribution in [3.8, 4) is 0 Å². The lowest BCUT2D eigenvalue weighted by Gasteiger charge is -2.32. The lowest BCUT2D eigenvalue weighted by Crippen LogP contribution is -2.42. The maximum atomic E-state index is 13.1. The Morgan fingerprint density at radius 3 is 2.47 bits per heavy atom. The van der Waals surface area contributed by atoms with Gasteiger partial charge in [0.15, 0.2) is 0 Å². The van der Waals surface area contributed by atoms with Gasteiger partial charge in [-0.25, -0.2) is 17.9 Å². The summed E-state index contributed by atoms with van der Waals surface area (Å²) in [6.07, 6.45) is 5.96. The number of sulfonamides is 1. The summed E-state index contributed by atoms with van der Waals surface area (Å²) in [6.45, 7) is 6.76. The zero-order valence-electron chi connectivity index (χ0n) is 18.2. The summed E-state index contributed by atoms with van der Waals surface area (Å²) in [5.41, 5.74) is 0.315. The summed E-state index contributed by atoms with van der Waals surface area (Å²) < 4.78 is 33.9. The first-order valence-corrected chi connectivity index (χ1v) is 12.9. The summed E-state index contributed by atoms with van der Waals surface area (Å²) in [5.74, 6) is -0.285. The van der Waals surface area contributed by atoms with Gasteiger partial charge in [-0.3, -0.25) is 4.79 Å². The maximum absolute atomic E-state index is 13.1. The minimum absolute atomic E-state index is 0.0141. The van der Waals surface area contributed by atoms with E-state index in [1.54, 1.807) is 4.90 Å². The number of carbonyl (C=O) groups excluding carboxylic acids is 2. The molecule has 0 aromatic carbocycles. The van der Waals surface area contributed by atoms with Crippen molar-refractivity contribution in [2.45, 2.75) is 70.1 Å². The van der Waals surface area contributed by atoms with Crippen molar-refractivity contribution in [3.05, 3.63) is 16.0 Å². The second-order valence-electron chi connectivity index (χ2n) is 9.24. The molecule has 0 bridgehead atoms. The molecule has 1 aromatic rings. The standard InChI is InChI=1S/C21H32N2O5S2/c1-21(2,3)20(25)23-11-10-15-16(13-23)29-19(17(15)18(24)28-4)30(26,27)22-12-14-8-6-5-7-9-14/h14,22H,5-13H2,1-4H3. The van der Waals surface area contributed by atoms with Crippen LogP contribution >= 0.6 is 11.3 Å². The van der Waals surface area contributed by atoms with E-state index >= 15 is 0 Å². The fraction of sp³-hybridized carbons (Fsp3) is 0.714. The lowest BCUT2D eigenvalue weighted by atomic mass is 9.90. The Morgan fingerprint density at radius 1 is 1.20 bits per heavy atom. The van der Waals surface area contributed by atoms with Crippen molar-refractivity contribution >= 4 is 33.2 Å². The Hall–Kier alpha value is -1.45. The van der Waals surface area contributed by atoms with Crippen LogP contribution in [0.4, 0.5) is 0 Å². The number of rotatable bonds is 5. The predicted molar refractivity (Wildman–Crippen MR) is 116 cm³/mol. The molecule has 0 spiro atoms. The Labute approximate surface area is 183 Å². The molecule has 1 amide bonds. The Balaban J connectivity index is 1.88. The maximum Gasteiger partial charge on any atom is 0.340 e. The van der Waals surface area contributed by atoms with E-state index in [1.165, 1.54) is 13.5 Å². The average molecular weight is 457 g/mol. The van der Waals surface area contributed by atoms with Crippen LogP contribution in [0.1, 0.15) is 73.7 Å². The fourth-order valence-corrected chi connectivity index (χ4v) is 7.27. The highest BCUT2D eigenvalue weighted by Gasteiger charge is 2.37. The zero-order valence-corrected chi connectivity index (χ0v) is 19.9. The molecular weight excluding hydrogens is 424 g/mol. The van der Waals surface area contributed by atoms with E-state index < -0.39 is 21.4 Å². The van der Waals surface area contributed by atoms with Gasteiger partial charge in [0.05, 0.1) is 19.2 Å². The van der Waals surface area contributed by atoms with E-state index in [0.29, 0.717) is 37.5 Å². The van der Waals surface area contributed by atoms with Gasteiger partial charge in [0.2, 0.25) is 5.91 Å². The van der Waals surface area contributed by atoms with Crippen LogP contribution in [0.2, 0.25) is 0 Å². The van der Waals surface area contributed by atoms with Gasteiger partial charge in [0.25, 0.3) is 10.0 Å².